The van der Waals surface area contributed by atoms with Gasteiger partial charge >= 0.3 is 0 Å². The number of nitrogens with one attached hydrogen (secondary N) is 1. The predicted octanol–water partition coefficient (Wildman–Crippen LogP) is 3.56. The molecule has 2 rings (SSSR count). The lowest BCUT2D eigenvalue weighted by atomic mass is 10.2. The SMILES string of the molecule is Nc1ccc(Br)c(C(=O)Nc2c(F)cccc2F)c1. The number of halogens is 3. The van der Waals surface area contributed by atoms with Crippen LogP contribution in [0.25, 0.3) is 0 Å². The average Bonchev–Trinajstić information content (AvgIpc) is 2.37. The van der Waals surface area contributed by atoms with Crippen molar-refractivity contribution in [1.29, 1.82) is 0 Å². The Hall–Kier alpha value is -1.95. The van der Waals surface area contributed by atoms with Crippen LogP contribution in [0.5, 0.6) is 0 Å². The van der Waals surface area contributed by atoms with E-state index in [2.05, 4.69) is 21.2 Å². The summed E-state index contributed by atoms with van der Waals surface area (Å²) in [5, 5.41) is 2.19. The molecular weight excluding hydrogens is 318 g/mol. The Labute approximate surface area is 116 Å². The molecule has 98 valence electrons. The van der Waals surface area contributed by atoms with Gasteiger partial charge in [0.25, 0.3) is 5.91 Å². The Kier molecular flexibility index (Phi) is 3.80. The zero-order valence-corrected chi connectivity index (χ0v) is 11.2. The van der Waals surface area contributed by atoms with Crippen molar-refractivity contribution in [3.63, 3.8) is 0 Å². The molecular formula is C13H9BrF2N2O. The second kappa shape index (κ2) is 5.36. The van der Waals surface area contributed by atoms with E-state index in [4.69, 9.17) is 5.73 Å². The van der Waals surface area contributed by atoms with Crippen molar-refractivity contribution in [3.8, 4) is 0 Å². The summed E-state index contributed by atoms with van der Waals surface area (Å²) in [6.45, 7) is 0. The van der Waals surface area contributed by atoms with E-state index in [0.717, 1.165) is 12.1 Å². The highest BCUT2D eigenvalue weighted by Crippen LogP contribution is 2.23. The van der Waals surface area contributed by atoms with Crippen LogP contribution in [0.1, 0.15) is 10.4 Å². The third-order valence-electron chi connectivity index (χ3n) is 2.44. The number of hydrogen-bond acceptors (Lipinski definition) is 2. The van der Waals surface area contributed by atoms with Gasteiger partial charge in [0, 0.05) is 10.2 Å². The van der Waals surface area contributed by atoms with Crippen LogP contribution in [-0.2, 0) is 0 Å². The van der Waals surface area contributed by atoms with Crippen molar-refractivity contribution < 1.29 is 13.6 Å². The number of benzene rings is 2. The molecule has 1 amide bonds. The highest BCUT2D eigenvalue weighted by Gasteiger charge is 2.15. The summed E-state index contributed by atoms with van der Waals surface area (Å²) in [7, 11) is 0. The Balaban J connectivity index is 2.34. The highest BCUT2D eigenvalue weighted by atomic mass is 79.9. The third-order valence-corrected chi connectivity index (χ3v) is 3.13. The van der Waals surface area contributed by atoms with Gasteiger partial charge in [0.05, 0.1) is 5.56 Å². The summed E-state index contributed by atoms with van der Waals surface area (Å²) >= 11 is 3.18. The number of amides is 1. The summed E-state index contributed by atoms with van der Waals surface area (Å²) in [5.74, 6) is -2.33. The van der Waals surface area contributed by atoms with Gasteiger partial charge < -0.3 is 11.1 Å². The van der Waals surface area contributed by atoms with Gasteiger partial charge in [-0.3, -0.25) is 4.79 Å². The van der Waals surface area contributed by atoms with E-state index in [1.54, 1.807) is 12.1 Å². The lowest BCUT2D eigenvalue weighted by Gasteiger charge is -2.09. The fourth-order valence-corrected chi connectivity index (χ4v) is 1.94. The zero-order valence-electron chi connectivity index (χ0n) is 9.58. The molecule has 2 aromatic rings. The molecule has 0 saturated carbocycles. The third kappa shape index (κ3) is 2.90. The van der Waals surface area contributed by atoms with E-state index in [-0.39, 0.29) is 5.56 Å². The van der Waals surface area contributed by atoms with Gasteiger partial charge in [-0.2, -0.15) is 0 Å². The maximum atomic E-state index is 13.4. The Morgan fingerprint density at radius 1 is 1.16 bits per heavy atom. The van der Waals surface area contributed by atoms with Gasteiger partial charge in [-0.25, -0.2) is 8.78 Å². The molecule has 0 saturated heterocycles. The fourth-order valence-electron chi connectivity index (χ4n) is 1.51. The van der Waals surface area contributed by atoms with E-state index < -0.39 is 23.2 Å². The first-order chi connectivity index (χ1) is 8.99. The first kappa shape index (κ1) is 13.5. The minimum atomic E-state index is -0.839. The molecule has 0 bridgehead atoms. The van der Waals surface area contributed by atoms with Crippen molar-refractivity contribution in [2.75, 3.05) is 11.1 Å². The Morgan fingerprint density at radius 3 is 2.42 bits per heavy atom. The van der Waals surface area contributed by atoms with Crippen LogP contribution in [0.4, 0.5) is 20.2 Å². The number of rotatable bonds is 2. The van der Waals surface area contributed by atoms with Gasteiger partial charge in [0.1, 0.15) is 17.3 Å². The van der Waals surface area contributed by atoms with Crippen LogP contribution in [0, 0.1) is 11.6 Å². The van der Waals surface area contributed by atoms with Crippen molar-refractivity contribution in [2.45, 2.75) is 0 Å². The second-order valence-electron chi connectivity index (χ2n) is 3.79. The van der Waals surface area contributed by atoms with Crippen LogP contribution in [-0.4, -0.2) is 5.91 Å². The van der Waals surface area contributed by atoms with E-state index >= 15 is 0 Å². The summed E-state index contributed by atoms with van der Waals surface area (Å²) in [6, 6.07) is 7.95. The molecule has 0 atom stereocenters. The summed E-state index contributed by atoms with van der Waals surface area (Å²) in [5.41, 5.74) is 5.66. The maximum Gasteiger partial charge on any atom is 0.257 e. The molecule has 0 spiro atoms. The largest absolute Gasteiger partial charge is 0.399 e. The molecule has 0 aromatic heterocycles. The molecule has 0 radical (unpaired) electrons. The molecule has 0 heterocycles. The predicted molar refractivity (Wildman–Crippen MR) is 72.9 cm³/mol. The molecule has 0 aliphatic rings. The van der Waals surface area contributed by atoms with E-state index in [0.29, 0.717) is 10.2 Å². The number of hydrogen-bond donors (Lipinski definition) is 2. The number of nitrogen functional groups attached to an aromatic ring is 1. The summed E-state index contributed by atoms with van der Waals surface area (Å²) in [6.07, 6.45) is 0. The molecule has 0 fully saturated rings. The van der Waals surface area contributed by atoms with Gasteiger partial charge in [-0.15, -0.1) is 0 Å². The molecule has 3 nitrogen and oxygen atoms in total. The number of anilines is 2. The first-order valence-corrected chi connectivity index (χ1v) is 6.08. The minimum absolute atomic E-state index is 0.197. The van der Waals surface area contributed by atoms with Crippen molar-refractivity contribution in [1.82, 2.24) is 0 Å². The van der Waals surface area contributed by atoms with E-state index in [1.807, 2.05) is 0 Å². The normalized spacial score (nSPS) is 10.3. The molecule has 0 unspecified atom stereocenters. The van der Waals surface area contributed by atoms with Crippen molar-refractivity contribution in [2.24, 2.45) is 0 Å². The van der Waals surface area contributed by atoms with Crippen LogP contribution in [0.2, 0.25) is 0 Å². The first-order valence-electron chi connectivity index (χ1n) is 5.29. The molecule has 2 aromatic carbocycles. The van der Waals surface area contributed by atoms with Crippen LogP contribution in [0.15, 0.2) is 40.9 Å². The van der Waals surface area contributed by atoms with Crippen LogP contribution < -0.4 is 11.1 Å². The van der Waals surface area contributed by atoms with Crippen molar-refractivity contribution in [3.05, 3.63) is 58.1 Å². The zero-order chi connectivity index (χ0) is 14.0. The molecule has 6 heteroatoms. The van der Waals surface area contributed by atoms with Gasteiger partial charge in [-0.1, -0.05) is 6.07 Å². The highest BCUT2D eigenvalue weighted by molar-refractivity contribution is 9.10. The lowest BCUT2D eigenvalue weighted by molar-refractivity contribution is 0.102. The lowest BCUT2D eigenvalue weighted by Crippen LogP contribution is -2.15. The van der Waals surface area contributed by atoms with Gasteiger partial charge in [-0.05, 0) is 46.3 Å². The summed E-state index contributed by atoms with van der Waals surface area (Å²) < 4.78 is 27.3. The van der Waals surface area contributed by atoms with E-state index in [9.17, 15) is 13.6 Å². The Bertz CT molecular complexity index is 626. The standard InChI is InChI=1S/C13H9BrF2N2O/c14-9-5-4-7(17)6-8(9)13(19)18-12-10(15)2-1-3-11(12)16/h1-6H,17H2,(H,18,19). The quantitative estimate of drug-likeness (QED) is 0.829. The number of nitrogens with two attached hydrogens (primary N) is 1. The maximum absolute atomic E-state index is 13.4. The van der Waals surface area contributed by atoms with Crippen LogP contribution >= 0.6 is 15.9 Å². The molecule has 19 heavy (non-hydrogen) atoms. The topological polar surface area (TPSA) is 55.1 Å². The average molecular weight is 327 g/mol. The van der Waals surface area contributed by atoms with Gasteiger partial charge in [0.15, 0.2) is 0 Å². The minimum Gasteiger partial charge on any atom is -0.399 e. The number of carbonyl (C=O) groups excluding carboxylic acids is 1. The fraction of sp³-hybridized carbons (Fsp3) is 0. The van der Waals surface area contributed by atoms with E-state index in [1.165, 1.54) is 12.1 Å². The van der Waals surface area contributed by atoms with Crippen molar-refractivity contribution >= 4 is 33.2 Å². The monoisotopic (exact) mass is 326 g/mol. The Morgan fingerprint density at radius 2 is 1.79 bits per heavy atom. The smallest absolute Gasteiger partial charge is 0.257 e. The number of carbonyl (C=O) groups is 1. The second-order valence-corrected chi connectivity index (χ2v) is 4.64. The van der Waals surface area contributed by atoms with Gasteiger partial charge in [0.2, 0.25) is 0 Å². The number of para-hydroxylation sites is 1. The molecule has 0 aliphatic carbocycles. The summed E-state index contributed by atoms with van der Waals surface area (Å²) in [4.78, 5) is 12.0. The van der Waals surface area contributed by atoms with Crippen LogP contribution in [0.3, 0.4) is 0 Å². The molecule has 0 aliphatic heterocycles. The molecule has 3 N–H and O–H groups in total.